The molecule has 2 heterocycles. The van der Waals surface area contributed by atoms with Crippen LogP contribution in [-0.2, 0) is 4.74 Å². The normalized spacial score (nSPS) is 10.8. The quantitative estimate of drug-likeness (QED) is 0.547. The molecule has 21 heavy (non-hydrogen) atoms. The van der Waals surface area contributed by atoms with Gasteiger partial charge in [-0.15, -0.1) is 0 Å². The van der Waals surface area contributed by atoms with Crippen molar-refractivity contribution in [2.75, 3.05) is 6.61 Å². The minimum atomic E-state index is -0.363. The third-order valence-electron chi connectivity index (χ3n) is 3.06. The number of pyridine rings is 1. The number of carbonyl (C=O) groups excluding carboxylic acids is 1. The van der Waals surface area contributed by atoms with Crippen molar-refractivity contribution in [3.05, 3.63) is 45.7 Å². The highest BCUT2D eigenvalue weighted by Gasteiger charge is 2.16. The van der Waals surface area contributed by atoms with Gasteiger partial charge in [0, 0.05) is 9.13 Å². The Labute approximate surface area is 134 Å². The molecular weight excluding hydrogens is 381 g/mol. The van der Waals surface area contributed by atoms with Crippen LogP contribution in [0, 0.1) is 3.57 Å². The maximum absolute atomic E-state index is 12.1. The number of aromatic nitrogens is 3. The molecule has 0 fully saturated rings. The molecule has 3 rings (SSSR count). The van der Waals surface area contributed by atoms with E-state index in [-0.39, 0.29) is 5.97 Å². The first-order chi connectivity index (χ1) is 10.2. The number of fused-ring (bicyclic) bond motifs is 1. The molecule has 0 spiro atoms. The largest absolute Gasteiger partial charge is 0.462 e. The number of rotatable bonds is 3. The lowest BCUT2D eigenvalue weighted by Gasteiger charge is -2.06. The highest BCUT2D eigenvalue weighted by atomic mass is 127. The Balaban J connectivity index is 2.16. The molecule has 0 unspecified atom stereocenters. The van der Waals surface area contributed by atoms with Crippen LogP contribution in [0.3, 0.4) is 0 Å². The molecule has 0 aliphatic heterocycles. The Bertz CT molecular complexity index is 796. The van der Waals surface area contributed by atoms with E-state index in [1.807, 2.05) is 24.3 Å². The molecule has 1 aromatic carbocycles. The van der Waals surface area contributed by atoms with Crippen LogP contribution in [0.15, 0.2) is 36.5 Å². The van der Waals surface area contributed by atoms with Crippen molar-refractivity contribution in [1.29, 1.82) is 0 Å². The summed E-state index contributed by atoms with van der Waals surface area (Å²) in [5.41, 5.74) is 2.71. The molecule has 6 heteroatoms. The fourth-order valence-corrected chi connectivity index (χ4v) is 2.43. The van der Waals surface area contributed by atoms with Crippen LogP contribution in [-0.4, -0.2) is 27.8 Å². The number of nitrogens with one attached hydrogen (secondary N) is 1. The van der Waals surface area contributed by atoms with Gasteiger partial charge in [0.1, 0.15) is 0 Å². The third-order valence-corrected chi connectivity index (χ3v) is 3.78. The van der Waals surface area contributed by atoms with Gasteiger partial charge in [-0.2, -0.15) is 5.10 Å². The van der Waals surface area contributed by atoms with Crippen LogP contribution in [0.25, 0.3) is 22.3 Å². The first-order valence-corrected chi connectivity index (χ1v) is 7.54. The van der Waals surface area contributed by atoms with Crippen LogP contribution in [0.4, 0.5) is 0 Å². The Morgan fingerprint density at radius 1 is 1.33 bits per heavy atom. The number of hydrogen-bond acceptors (Lipinski definition) is 4. The zero-order valence-electron chi connectivity index (χ0n) is 11.3. The zero-order valence-corrected chi connectivity index (χ0v) is 13.4. The van der Waals surface area contributed by atoms with Crippen molar-refractivity contribution < 1.29 is 9.53 Å². The summed E-state index contributed by atoms with van der Waals surface area (Å²) >= 11 is 2.25. The first-order valence-electron chi connectivity index (χ1n) is 6.46. The van der Waals surface area contributed by atoms with E-state index >= 15 is 0 Å². The van der Waals surface area contributed by atoms with Gasteiger partial charge < -0.3 is 4.74 Å². The fourth-order valence-electron chi connectivity index (χ4n) is 2.08. The van der Waals surface area contributed by atoms with Crippen molar-refractivity contribution >= 4 is 39.6 Å². The molecule has 0 saturated heterocycles. The minimum absolute atomic E-state index is 0.333. The van der Waals surface area contributed by atoms with E-state index in [2.05, 4.69) is 37.8 Å². The number of halogens is 1. The van der Waals surface area contributed by atoms with Crippen LogP contribution in [0.5, 0.6) is 0 Å². The second-order valence-electron chi connectivity index (χ2n) is 4.41. The predicted molar refractivity (Wildman–Crippen MR) is 88.0 cm³/mol. The van der Waals surface area contributed by atoms with E-state index in [1.54, 1.807) is 19.2 Å². The van der Waals surface area contributed by atoms with Crippen molar-refractivity contribution in [3.63, 3.8) is 0 Å². The minimum Gasteiger partial charge on any atom is -0.462 e. The maximum atomic E-state index is 12.1. The molecule has 0 amide bonds. The average molecular weight is 393 g/mol. The van der Waals surface area contributed by atoms with Gasteiger partial charge in [-0.05, 0) is 47.7 Å². The van der Waals surface area contributed by atoms with Gasteiger partial charge >= 0.3 is 5.97 Å². The summed E-state index contributed by atoms with van der Waals surface area (Å²) in [4.78, 5) is 16.6. The van der Waals surface area contributed by atoms with Crippen LogP contribution >= 0.6 is 22.6 Å². The lowest BCUT2D eigenvalue weighted by molar-refractivity contribution is 0.0528. The maximum Gasteiger partial charge on any atom is 0.339 e. The number of nitrogens with zero attached hydrogens (tertiary/aromatic N) is 2. The number of ether oxygens (including phenoxy) is 1. The van der Waals surface area contributed by atoms with Crippen LogP contribution in [0.2, 0.25) is 0 Å². The second kappa shape index (κ2) is 5.80. The molecule has 0 bridgehead atoms. The van der Waals surface area contributed by atoms with E-state index in [1.165, 1.54) is 0 Å². The highest BCUT2D eigenvalue weighted by molar-refractivity contribution is 14.1. The van der Waals surface area contributed by atoms with Gasteiger partial charge in [-0.1, -0.05) is 12.1 Å². The first kappa shape index (κ1) is 14.0. The standard InChI is InChI=1S/C15H12IN3O2/c1-2-21-15(20)11-7-13(9-3-5-10(16)6-4-9)18-14-12(11)8-17-19-14/h3-8H,2H2,1H3,(H,17,18,19). The third kappa shape index (κ3) is 2.76. The van der Waals surface area contributed by atoms with Gasteiger partial charge in [0.05, 0.1) is 29.4 Å². The molecule has 1 N–H and O–H groups in total. The van der Waals surface area contributed by atoms with Gasteiger partial charge in [-0.25, -0.2) is 9.78 Å². The summed E-state index contributed by atoms with van der Waals surface area (Å²) in [5, 5.41) is 7.43. The average Bonchev–Trinajstić information content (AvgIpc) is 2.95. The molecule has 0 radical (unpaired) electrons. The van der Waals surface area contributed by atoms with Crippen LogP contribution < -0.4 is 0 Å². The Hall–Kier alpha value is -1.96. The Kier molecular flexibility index (Phi) is 3.87. The summed E-state index contributed by atoms with van der Waals surface area (Å²) in [5.74, 6) is -0.363. The predicted octanol–water partition coefficient (Wildman–Crippen LogP) is 3.41. The second-order valence-corrected chi connectivity index (χ2v) is 5.66. The molecule has 106 valence electrons. The monoisotopic (exact) mass is 393 g/mol. The van der Waals surface area contributed by atoms with Gasteiger partial charge in [0.2, 0.25) is 0 Å². The van der Waals surface area contributed by atoms with E-state index < -0.39 is 0 Å². The lowest BCUT2D eigenvalue weighted by atomic mass is 10.1. The molecule has 5 nitrogen and oxygen atoms in total. The highest BCUT2D eigenvalue weighted by Crippen LogP contribution is 2.24. The number of H-pyrrole nitrogens is 1. The zero-order chi connectivity index (χ0) is 14.8. The van der Waals surface area contributed by atoms with Gasteiger partial charge in [-0.3, -0.25) is 5.10 Å². The van der Waals surface area contributed by atoms with E-state index in [9.17, 15) is 4.79 Å². The van der Waals surface area contributed by atoms with Crippen molar-refractivity contribution in [2.24, 2.45) is 0 Å². The molecule has 2 aromatic heterocycles. The Morgan fingerprint density at radius 3 is 2.81 bits per heavy atom. The molecule has 0 aliphatic rings. The molecule has 0 atom stereocenters. The molecule has 0 aliphatic carbocycles. The smallest absolute Gasteiger partial charge is 0.339 e. The van der Waals surface area contributed by atoms with Crippen molar-refractivity contribution in [2.45, 2.75) is 6.92 Å². The van der Waals surface area contributed by atoms with Crippen molar-refractivity contribution in [1.82, 2.24) is 15.2 Å². The van der Waals surface area contributed by atoms with E-state index in [4.69, 9.17) is 4.74 Å². The summed E-state index contributed by atoms with van der Waals surface area (Å²) in [6.07, 6.45) is 1.59. The SMILES string of the molecule is CCOC(=O)c1cc(-c2ccc(I)cc2)nc2[nH]ncc12. The molecule has 3 aromatic rings. The molecule has 0 saturated carbocycles. The summed E-state index contributed by atoms with van der Waals surface area (Å²) < 4.78 is 6.25. The summed E-state index contributed by atoms with van der Waals surface area (Å²) in [6.45, 7) is 2.12. The van der Waals surface area contributed by atoms with Gasteiger partial charge in [0.25, 0.3) is 0 Å². The lowest BCUT2D eigenvalue weighted by Crippen LogP contribution is -2.06. The van der Waals surface area contributed by atoms with Crippen molar-refractivity contribution in [3.8, 4) is 11.3 Å². The number of carbonyl (C=O) groups is 1. The number of benzene rings is 1. The molecular formula is C15H12IN3O2. The van der Waals surface area contributed by atoms with E-state index in [0.717, 1.165) is 9.13 Å². The Morgan fingerprint density at radius 2 is 2.10 bits per heavy atom. The number of esters is 1. The topological polar surface area (TPSA) is 67.9 Å². The summed E-state index contributed by atoms with van der Waals surface area (Å²) in [7, 11) is 0. The van der Waals surface area contributed by atoms with E-state index in [0.29, 0.717) is 28.9 Å². The van der Waals surface area contributed by atoms with Crippen LogP contribution in [0.1, 0.15) is 17.3 Å². The number of hydrogen-bond donors (Lipinski definition) is 1. The summed E-state index contributed by atoms with van der Waals surface area (Å²) in [6, 6.07) is 9.69. The fraction of sp³-hybridized carbons (Fsp3) is 0.133. The van der Waals surface area contributed by atoms with Gasteiger partial charge in [0.15, 0.2) is 5.65 Å². The number of aromatic amines is 1.